The molecular weight excluding hydrogens is 266 g/mol. The lowest BCUT2D eigenvalue weighted by molar-refractivity contribution is 0.0526. The van der Waals surface area contributed by atoms with E-state index in [1.165, 1.54) is 0 Å². The van der Waals surface area contributed by atoms with Crippen LogP contribution in [-0.4, -0.2) is 22.4 Å². The summed E-state index contributed by atoms with van der Waals surface area (Å²) in [5.41, 5.74) is 9.54. The molecule has 112 valence electrons. The van der Waals surface area contributed by atoms with Gasteiger partial charge in [0.15, 0.2) is 0 Å². The molecule has 0 unspecified atom stereocenters. The molecule has 2 N–H and O–H groups in total. The van der Waals surface area contributed by atoms with Crippen molar-refractivity contribution in [2.24, 2.45) is 0 Å². The third kappa shape index (κ3) is 3.07. The van der Waals surface area contributed by atoms with Crippen molar-refractivity contribution in [3.8, 4) is 5.69 Å². The number of carbonyl (C=O) groups is 1. The number of nitrogens with two attached hydrogens (primary N) is 1. The second-order valence-corrected chi connectivity index (χ2v) is 4.74. The number of hydrogen-bond acceptors (Lipinski definition) is 4. The normalized spacial score (nSPS) is 10.6. The van der Waals surface area contributed by atoms with Gasteiger partial charge in [-0.05, 0) is 44.0 Å². The molecule has 0 spiro atoms. The van der Waals surface area contributed by atoms with Gasteiger partial charge in [-0.25, -0.2) is 9.48 Å². The van der Waals surface area contributed by atoms with Crippen molar-refractivity contribution in [2.45, 2.75) is 33.6 Å². The van der Waals surface area contributed by atoms with E-state index in [9.17, 15) is 4.79 Å². The number of aryl methyl sites for hydroxylation is 2. The molecule has 2 aromatic rings. The number of esters is 1. The van der Waals surface area contributed by atoms with Crippen LogP contribution in [0.5, 0.6) is 0 Å². The summed E-state index contributed by atoms with van der Waals surface area (Å²) in [4.78, 5) is 12.1. The van der Waals surface area contributed by atoms with Crippen LogP contribution in [0.4, 0.5) is 5.69 Å². The lowest BCUT2D eigenvalue weighted by Crippen LogP contribution is -2.12. The Bertz CT molecular complexity index is 647. The van der Waals surface area contributed by atoms with E-state index >= 15 is 0 Å². The predicted molar refractivity (Wildman–Crippen MR) is 82.7 cm³/mol. The molecule has 21 heavy (non-hydrogen) atoms. The van der Waals surface area contributed by atoms with E-state index in [0.717, 1.165) is 24.2 Å². The van der Waals surface area contributed by atoms with Crippen molar-refractivity contribution in [1.82, 2.24) is 9.78 Å². The Hall–Kier alpha value is -2.30. The Labute approximate surface area is 124 Å². The number of benzene rings is 1. The van der Waals surface area contributed by atoms with E-state index in [1.807, 2.05) is 10.7 Å². The van der Waals surface area contributed by atoms with Crippen LogP contribution in [0.3, 0.4) is 0 Å². The second kappa shape index (κ2) is 6.43. The van der Waals surface area contributed by atoms with Gasteiger partial charge in [0.25, 0.3) is 0 Å². The summed E-state index contributed by atoms with van der Waals surface area (Å²) in [5.74, 6) is -0.379. The molecule has 0 fully saturated rings. The Morgan fingerprint density at radius 2 is 2.00 bits per heavy atom. The summed E-state index contributed by atoms with van der Waals surface area (Å²) in [6.07, 6.45) is 1.68. The fourth-order valence-electron chi connectivity index (χ4n) is 2.22. The van der Waals surface area contributed by atoms with Gasteiger partial charge in [-0.15, -0.1) is 0 Å². The van der Waals surface area contributed by atoms with Crippen LogP contribution in [-0.2, 0) is 17.6 Å². The molecule has 5 nitrogen and oxygen atoms in total. The lowest BCUT2D eigenvalue weighted by atomic mass is 10.1. The summed E-state index contributed by atoms with van der Waals surface area (Å²) >= 11 is 0. The average Bonchev–Trinajstić information content (AvgIpc) is 2.90. The molecule has 1 heterocycles. The monoisotopic (exact) mass is 287 g/mol. The topological polar surface area (TPSA) is 70.1 Å². The van der Waals surface area contributed by atoms with Gasteiger partial charge in [-0.1, -0.05) is 13.8 Å². The zero-order valence-electron chi connectivity index (χ0n) is 12.7. The molecule has 0 aliphatic rings. The highest BCUT2D eigenvalue weighted by Gasteiger charge is 2.17. The number of nitrogen functional groups attached to an aromatic ring is 1. The molecule has 0 aliphatic carbocycles. The van der Waals surface area contributed by atoms with Gasteiger partial charge < -0.3 is 10.5 Å². The summed E-state index contributed by atoms with van der Waals surface area (Å²) in [5, 5.41) is 4.57. The first-order valence-corrected chi connectivity index (χ1v) is 7.25. The molecule has 0 saturated carbocycles. The SMILES string of the molecule is CCOC(=O)c1cc(N)ccc1-n1nc(CC)cc1CC. The van der Waals surface area contributed by atoms with Crippen LogP contribution in [0, 0.1) is 0 Å². The maximum absolute atomic E-state index is 12.1. The summed E-state index contributed by atoms with van der Waals surface area (Å²) in [7, 11) is 0. The average molecular weight is 287 g/mol. The molecule has 0 atom stereocenters. The lowest BCUT2D eigenvalue weighted by Gasteiger charge is -2.12. The van der Waals surface area contributed by atoms with Gasteiger partial charge in [0.1, 0.15) is 0 Å². The molecule has 1 aromatic carbocycles. The number of rotatable bonds is 5. The molecule has 0 radical (unpaired) electrons. The van der Waals surface area contributed by atoms with E-state index < -0.39 is 0 Å². The highest BCUT2D eigenvalue weighted by atomic mass is 16.5. The highest BCUT2D eigenvalue weighted by Crippen LogP contribution is 2.21. The van der Waals surface area contributed by atoms with Crippen LogP contribution in [0.25, 0.3) is 5.69 Å². The summed E-state index contributed by atoms with van der Waals surface area (Å²) < 4.78 is 6.93. The number of carbonyl (C=O) groups excluding carboxylic acids is 1. The van der Waals surface area contributed by atoms with Gasteiger partial charge in [-0.3, -0.25) is 0 Å². The Kier molecular flexibility index (Phi) is 4.62. The van der Waals surface area contributed by atoms with Crippen LogP contribution in [0.15, 0.2) is 24.3 Å². The first kappa shape index (κ1) is 15.1. The fourth-order valence-corrected chi connectivity index (χ4v) is 2.22. The van der Waals surface area contributed by atoms with Gasteiger partial charge in [0.05, 0.1) is 23.6 Å². The standard InChI is InChI=1S/C16H21N3O2/c1-4-12-10-13(5-2)19(18-12)15-8-7-11(17)9-14(15)16(20)21-6-3/h7-10H,4-6,17H2,1-3H3. The summed E-state index contributed by atoms with van der Waals surface area (Å²) in [6, 6.07) is 7.28. The van der Waals surface area contributed by atoms with Crippen molar-refractivity contribution in [3.63, 3.8) is 0 Å². The van der Waals surface area contributed by atoms with E-state index in [4.69, 9.17) is 10.5 Å². The van der Waals surface area contributed by atoms with Crippen molar-refractivity contribution in [1.29, 1.82) is 0 Å². The molecule has 1 aromatic heterocycles. The summed E-state index contributed by atoms with van der Waals surface area (Å²) in [6.45, 7) is 6.23. The zero-order valence-corrected chi connectivity index (χ0v) is 12.7. The third-order valence-electron chi connectivity index (χ3n) is 3.30. The first-order valence-electron chi connectivity index (χ1n) is 7.25. The highest BCUT2D eigenvalue weighted by molar-refractivity contribution is 5.94. The minimum absolute atomic E-state index is 0.326. The Balaban J connectivity index is 2.57. The molecule has 0 amide bonds. The molecule has 0 aliphatic heterocycles. The van der Waals surface area contributed by atoms with E-state index in [1.54, 1.807) is 19.1 Å². The van der Waals surface area contributed by atoms with Crippen LogP contribution in [0.1, 0.15) is 42.5 Å². The Morgan fingerprint density at radius 3 is 2.62 bits per heavy atom. The van der Waals surface area contributed by atoms with E-state index in [0.29, 0.717) is 23.5 Å². The third-order valence-corrected chi connectivity index (χ3v) is 3.30. The van der Waals surface area contributed by atoms with E-state index in [2.05, 4.69) is 25.0 Å². The Morgan fingerprint density at radius 1 is 1.24 bits per heavy atom. The minimum Gasteiger partial charge on any atom is -0.462 e. The first-order chi connectivity index (χ1) is 10.1. The van der Waals surface area contributed by atoms with Gasteiger partial charge >= 0.3 is 5.97 Å². The molecule has 5 heteroatoms. The van der Waals surface area contributed by atoms with Gasteiger partial charge in [0.2, 0.25) is 0 Å². The molecular formula is C16H21N3O2. The maximum atomic E-state index is 12.1. The van der Waals surface area contributed by atoms with Gasteiger partial charge in [-0.2, -0.15) is 5.10 Å². The van der Waals surface area contributed by atoms with Crippen molar-refractivity contribution in [2.75, 3.05) is 12.3 Å². The van der Waals surface area contributed by atoms with Crippen LogP contribution >= 0.6 is 0 Å². The smallest absolute Gasteiger partial charge is 0.340 e. The largest absolute Gasteiger partial charge is 0.462 e. The fraction of sp³-hybridized carbons (Fsp3) is 0.375. The van der Waals surface area contributed by atoms with Crippen molar-refractivity contribution in [3.05, 3.63) is 41.2 Å². The molecule has 0 saturated heterocycles. The quantitative estimate of drug-likeness (QED) is 0.678. The maximum Gasteiger partial charge on any atom is 0.340 e. The number of ether oxygens (including phenoxy) is 1. The molecule has 0 bridgehead atoms. The molecule has 2 rings (SSSR count). The number of hydrogen-bond donors (Lipinski definition) is 1. The van der Waals surface area contributed by atoms with Crippen LogP contribution < -0.4 is 5.73 Å². The van der Waals surface area contributed by atoms with Gasteiger partial charge in [0, 0.05) is 11.4 Å². The number of anilines is 1. The minimum atomic E-state index is -0.379. The predicted octanol–water partition coefficient (Wildman–Crippen LogP) is 2.76. The number of nitrogens with zero attached hydrogens (tertiary/aromatic N) is 2. The number of aromatic nitrogens is 2. The second-order valence-electron chi connectivity index (χ2n) is 4.74. The van der Waals surface area contributed by atoms with Crippen molar-refractivity contribution >= 4 is 11.7 Å². The van der Waals surface area contributed by atoms with Crippen LogP contribution in [0.2, 0.25) is 0 Å². The van der Waals surface area contributed by atoms with E-state index in [-0.39, 0.29) is 5.97 Å². The zero-order chi connectivity index (χ0) is 15.4. The van der Waals surface area contributed by atoms with Crippen molar-refractivity contribution < 1.29 is 9.53 Å².